The lowest BCUT2D eigenvalue weighted by atomic mass is 9.86. The number of carbonyl (C=O) groups is 1. The molecule has 1 heterocycles. The summed E-state index contributed by atoms with van der Waals surface area (Å²) in [6.45, 7) is 6.86. The van der Waals surface area contributed by atoms with E-state index in [2.05, 4.69) is 12.2 Å². The van der Waals surface area contributed by atoms with E-state index in [0.717, 1.165) is 32.2 Å². The van der Waals surface area contributed by atoms with Gasteiger partial charge in [0.1, 0.15) is 0 Å². The van der Waals surface area contributed by atoms with Gasteiger partial charge in [0.25, 0.3) is 0 Å². The van der Waals surface area contributed by atoms with Gasteiger partial charge in [0.2, 0.25) is 5.91 Å². The largest absolute Gasteiger partial charge is 0.393 e. The zero-order valence-corrected chi connectivity index (χ0v) is 12.3. The van der Waals surface area contributed by atoms with E-state index in [4.69, 9.17) is 4.74 Å². The third-order valence-corrected chi connectivity index (χ3v) is 4.93. The van der Waals surface area contributed by atoms with Crippen LogP contribution in [0.1, 0.15) is 46.5 Å². The monoisotopic (exact) mass is 269 g/mol. The van der Waals surface area contributed by atoms with Crippen molar-refractivity contribution in [1.82, 2.24) is 5.32 Å². The molecule has 2 N–H and O–H groups in total. The number of hydrogen-bond donors (Lipinski definition) is 2. The summed E-state index contributed by atoms with van der Waals surface area (Å²) in [6, 6.07) is 0. The second kappa shape index (κ2) is 6.23. The molecule has 1 amide bonds. The molecule has 4 unspecified atom stereocenters. The van der Waals surface area contributed by atoms with Crippen molar-refractivity contribution in [2.24, 2.45) is 17.8 Å². The molecule has 1 saturated carbocycles. The van der Waals surface area contributed by atoms with Gasteiger partial charge in [0, 0.05) is 6.54 Å². The number of aliphatic hydroxyl groups excluding tert-OH is 1. The van der Waals surface area contributed by atoms with Crippen LogP contribution in [-0.4, -0.2) is 35.9 Å². The van der Waals surface area contributed by atoms with E-state index >= 15 is 0 Å². The van der Waals surface area contributed by atoms with Crippen LogP contribution in [0.2, 0.25) is 0 Å². The first-order valence-electron chi connectivity index (χ1n) is 7.60. The van der Waals surface area contributed by atoms with Crippen LogP contribution in [0.25, 0.3) is 0 Å². The van der Waals surface area contributed by atoms with Gasteiger partial charge in [-0.25, -0.2) is 0 Å². The maximum absolute atomic E-state index is 12.3. The van der Waals surface area contributed by atoms with Gasteiger partial charge in [-0.3, -0.25) is 4.79 Å². The van der Waals surface area contributed by atoms with Gasteiger partial charge in [-0.2, -0.15) is 0 Å². The number of rotatable bonds is 3. The molecule has 4 heteroatoms. The molecule has 4 atom stereocenters. The zero-order valence-electron chi connectivity index (χ0n) is 12.3. The molecule has 4 nitrogen and oxygen atoms in total. The Kier molecular flexibility index (Phi) is 4.85. The summed E-state index contributed by atoms with van der Waals surface area (Å²) in [7, 11) is 0. The Balaban J connectivity index is 1.78. The fourth-order valence-corrected chi connectivity index (χ4v) is 3.43. The molecule has 2 fully saturated rings. The minimum Gasteiger partial charge on any atom is -0.393 e. The van der Waals surface area contributed by atoms with Crippen LogP contribution in [0.15, 0.2) is 0 Å². The topological polar surface area (TPSA) is 58.6 Å². The normalized spacial score (nSPS) is 43.2. The first-order chi connectivity index (χ1) is 8.99. The summed E-state index contributed by atoms with van der Waals surface area (Å²) in [6.07, 6.45) is 3.83. The van der Waals surface area contributed by atoms with Crippen LogP contribution < -0.4 is 5.32 Å². The van der Waals surface area contributed by atoms with Gasteiger partial charge in [0.15, 0.2) is 0 Å². The van der Waals surface area contributed by atoms with Crippen molar-refractivity contribution < 1.29 is 14.6 Å². The predicted molar refractivity (Wildman–Crippen MR) is 73.6 cm³/mol. The lowest BCUT2D eigenvalue weighted by Gasteiger charge is -2.26. The smallest absolute Gasteiger partial charge is 0.226 e. The first kappa shape index (κ1) is 14.8. The number of hydrogen-bond acceptors (Lipinski definition) is 3. The second-order valence-corrected chi connectivity index (χ2v) is 6.35. The molecule has 0 spiro atoms. The molecule has 0 aromatic rings. The maximum Gasteiger partial charge on any atom is 0.226 e. The van der Waals surface area contributed by atoms with Crippen molar-refractivity contribution in [3.05, 3.63) is 0 Å². The highest BCUT2D eigenvalue weighted by atomic mass is 16.5. The zero-order chi connectivity index (χ0) is 14.0. The molecule has 2 rings (SSSR count). The van der Waals surface area contributed by atoms with Crippen LogP contribution in [0.3, 0.4) is 0 Å². The number of carbonyl (C=O) groups excluding carboxylic acids is 1. The SMILES string of the molecule is CC1OC(C)C(C(=O)NCC2CCC(O)CC2)C1C. The van der Waals surface area contributed by atoms with Crippen molar-refractivity contribution in [2.75, 3.05) is 6.54 Å². The summed E-state index contributed by atoms with van der Waals surface area (Å²) >= 11 is 0. The quantitative estimate of drug-likeness (QED) is 0.820. The highest BCUT2D eigenvalue weighted by Crippen LogP contribution is 2.32. The van der Waals surface area contributed by atoms with Crippen molar-refractivity contribution in [3.63, 3.8) is 0 Å². The fraction of sp³-hybridized carbons (Fsp3) is 0.933. The van der Waals surface area contributed by atoms with Crippen LogP contribution >= 0.6 is 0 Å². The van der Waals surface area contributed by atoms with E-state index in [-0.39, 0.29) is 36.1 Å². The van der Waals surface area contributed by atoms with E-state index in [1.54, 1.807) is 0 Å². The highest BCUT2D eigenvalue weighted by molar-refractivity contribution is 5.79. The average molecular weight is 269 g/mol. The van der Waals surface area contributed by atoms with Crippen molar-refractivity contribution in [2.45, 2.75) is 64.8 Å². The lowest BCUT2D eigenvalue weighted by molar-refractivity contribution is -0.127. The van der Waals surface area contributed by atoms with Crippen LogP contribution in [0.5, 0.6) is 0 Å². The van der Waals surface area contributed by atoms with Crippen LogP contribution in [0, 0.1) is 17.8 Å². The Labute approximate surface area is 115 Å². The molecule has 0 aromatic heterocycles. The summed E-state index contributed by atoms with van der Waals surface area (Å²) in [5.74, 6) is 0.917. The summed E-state index contributed by atoms with van der Waals surface area (Å²) < 4.78 is 5.72. The molecular weight excluding hydrogens is 242 g/mol. The Morgan fingerprint density at radius 1 is 1.16 bits per heavy atom. The van der Waals surface area contributed by atoms with E-state index in [1.165, 1.54) is 0 Å². The molecule has 1 aliphatic heterocycles. The average Bonchev–Trinajstić information content (AvgIpc) is 2.62. The third kappa shape index (κ3) is 3.48. The maximum atomic E-state index is 12.3. The predicted octanol–water partition coefficient (Wildman–Crippen LogP) is 1.71. The van der Waals surface area contributed by atoms with Crippen molar-refractivity contribution >= 4 is 5.91 Å². The highest BCUT2D eigenvalue weighted by Gasteiger charge is 2.41. The Hall–Kier alpha value is -0.610. The third-order valence-electron chi connectivity index (χ3n) is 4.93. The van der Waals surface area contributed by atoms with Crippen LogP contribution in [0.4, 0.5) is 0 Å². The standard InChI is InChI=1S/C15H27NO3/c1-9-10(2)19-11(3)14(9)15(18)16-8-12-4-6-13(17)7-5-12/h9-14,17H,4-8H2,1-3H3,(H,16,18). The fourth-order valence-electron chi connectivity index (χ4n) is 3.43. The molecular formula is C15H27NO3. The summed E-state index contributed by atoms with van der Waals surface area (Å²) in [5.41, 5.74) is 0. The Bertz CT molecular complexity index is 313. The molecule has 0 radical (unpaired) electrons. The van der Waals surface area contributed by atoms with Gasteiger partial charge < -0.3 is 15.2 Å². The minimum absolute atomic E-state index is 0.0122. The lowest BCUT2D eigenvalue weighted by Crippen LogP contribution is -2.40. The summed E-state index contributed by atoms with van der Waals surface area (Å²) in [5, 5.41) is 12.6. The Morgan fingerprint density at radius 2 is 1.79 bits per heavy atom. The molecule has 110 valence electrons. The Morgan fingerprint density at radius 3 is 2.32 bits per heavy atom. The van der Waals surface area contributed by atoms with Gasteiger partial charge in [-0.15, -0.1) is 0 Å². The van der Waals surface area contributed by atoms with Gasteiger partial charge in [-0.05, 0) is 51.4 Å². The minimum atomic E-state index is -0.129. The number of amides is 1. The second-order valence-electron chi connectivity index (χ2n) is 6.35. The first-order valence-corrected chi connectivity index (χ1v) is 7.60. The van der Waals surface area contributed by atoms with Crippen molar-refractivity contribution in [3.8, 4) is 0 Å². The number of nitrogens with one attached hydrogen (secondary N) is 1. The van der Waals surface area contributed by atoms with Crippen LogP contribution in [-0.2, 0) is 9.53 Å². The molecule has 1 aliphatic carbocycles. The number of ether oxygens (including phenoxy) is 1. The molecule has 2 aliphatic rings. The number of aliphatic hydroxyl groups is 1. The van der Waals surface area contributed by atoms with Gasteiger partial charge >= 0.3 is 0 Å². The molecule has 0 bridgehead atoms. The molecule has 1 saturated heterocycles. The van der Waals surface area contributed by atoms with Gasteiger partial charge in [0.05, 0.1) is 24.2 Å². The van der Waals surface area contributed by atoms with E-state index in [0.29, 0.717) is 5.92 Å². The molecule has 19 heavy (non-hydrogen) atoms. The van der Waals surface area contributed by atoms with E-state index in [1.807, 2.05) is 13.8 Å². The molecule has 0 aromatic carbocycles. The summed E-state index contributed by atoms with van der Waals surface area (Å²) in [4.78, 5) is 12.3. The van der Waals surface area contributed by atoms with Crippen molar-refractivity contribution in [1.29, 1.82) is 0 Å². The van der Waals surface area contributed by atoms with E-state index in [9.17, 15) is 9.90 Å². The van der Waals surface area contributed by atoms with E-state index < -0.39 is 0 Å². The van der Waals surface area contributed by atoms with Gasteiger partial charge in [-0.1, -0.05) is 6.92 Å².